The molecule has 0 aromatic carbocycles. The second-order valence-corrected chi connectivity index (χ2v) is 6.87. The largest absolute Gasteiger partial charge is 0.377 e. The van der Waals surface area contributed by atoms with Gasteiger partial charge in [0, 0.05) is 20.2 Å². The number of anilines is 2. The van der Waals surface area contributed by atoms with Crippen LogP contribution >= 0.6 is 22.9 Å². The highest BCUT2D eigenvalue weighted by Gasteiger charge is 2.27. The summed E-state index contributed by atoms with van der Waals surface area (Å²) in [5.41, 5.74) is 0. The fourth-order valence-electron chi connectivity index (χ4n) is 2.57. The molecule has 10 heteroatoms. The van der Waals surface area contributed by atoms with Crippen molar-refractivity contribution in [3.8, 4) is 0 Å². The zero-order valence-corrected chi connectivity index (χ0v) is 14.7. The zero-order chi connectivity index (χ0) is 16.9. The number of carbonyl (C=O) groups is 1. The summed E-state index contributed by atoms with van der Waals surface area (Å²) < 4.78 is 5.00. The molecule has 1 amide bonds. The number of piperidine rings is 1. The van der Waals surface area contributed by atoms with Crippen molar-refractivity contribution in [1.82, 2.24) is 20.4 Å². The summed E-state index contributed by atoms with van der Waals surface area (Å²) in [5.74, 6) is 0.544. The molecular weight excluding hydrogens is 352 g/mol. The number of hydrogen-bond donors (Lipinski definition) is 1. The number of carbonyl (C=O) groups excluding carboxylic acids is 1. The Morgan fingerprint density at radius 2 is 2.29 bits per heavy atom. The Bertz CT molecular complexity index is 695. The van der Waals surface area contributed by atoms with Crippen LogP contribution in [-0.2, 0) is 16.1 Å². The molecule has 0 bridgehead atoms. The molecule has 1 aliphatic rings. The van der Waals surface area contributed by atoms with E-state index in [1.165, 1.54) is 11.3 Å². The van der Waals surface area contributed by atoms with Crippen molar-refractivity contribution in [2.45, 2.75) is 19.4 Å². The van der Waals surface area contributed by atoms with Gasteiger partial charge in [0.15, 0.2) is 11.0 Å². The minimum absolute atomic E-state index is 0.0539. The van der Waals surface area contributed by atoms with Crippen LogP contribution in [0.1, 0.15) is 17.8 Å². The standard InChI is InChI=1S/C14H17ClN6O2S/c1-23-8-12-19-20-14(24-12)16-13(22)9-3-2-6-21(7-9)11-5-4-10(15)17-18-11/h4-5,9H,2-3,6-8H2,1H3,(H,16,20,22)/t9-/m1/s1. The third-order valence-corrected chi connectivity index (χ3v) is 4.71. The SMILES string of the molecule is COCc1nnc(NC(=O)[C@@H]2CCCN(c3ccc(Cl)nn3)C2)s1. The lowest BCUT2D eigenvalue weighted by Crippen LogP contribution is -2.41. The van der Waals surface area contributed by atoms with E-state index in [4.69, 9.17) is 16.3 Å². The van der Waals surface area contributed by atoms with E-state index in [9.17, 15) is 4.79 Å². The molecule has 0 aliphatic carbocycles. The van der Waals surface area contributed by atoms with Crippen molar-refractivity contribution >= 4 is 39.8 Å². The Hall–Kier alpha value is -1.84. The number of hydrogen-bond acceptors (Lipinski definition) is 8. The van der Waals surface area contributed by atoms with Gasteiger partial charge in [0.1, 0.15) is 11.6 Å². The number of ether oxygens (including phenoxy) is 1. The fourth-order valence-corrected chi connectivity index (χ4v) is 3.39. The number of nitrogens with zero attached hydrogens (tertiary/aromatic N) is 5. The zero-order valence-electron chi connectivity index (χ0n) is 13.1. The smallest absolute Gasteiger partial charge is 0.231 e. The Kier molecular flexibility index (Phi) is 5.54. The van der Waals surface area contributed by atoms with E-state index in [2.05, 4.69) is 25.7 Å². The first kappa shape index (κ1) is 17.0. The van der Waals surface area contributed by atoms with E-state index in [1.54, 1.807) is 13.2 Å². The van der Waals surface area contributed by atoms with Gasteiger partial charge in [-0.1, -0.05) is 22.9 Å². The Morgan fingerprint density at radius 3 is 3.04 bits per heavy atom. The second-order valence-electron chi connectivity index (χ2n) is 5.42. The number of rotatable bonds is 5. The van der Waals surface area contributed by atoms with Crippen molar-refractivity contribution < 1.29 is 9.53 Å². The highest BCUT2D eigenvalue weighted by Crippen LogP contribution is 2.24. The molecular formula is C14H17ClN6O2S. The van der Waals surface area contributed by atoms with Crippen LogP contribution in [0.2, 0.25) is 5.15 Å². The monoisotopic (exact) mass is 368 g/mol. The number of amides is 1. The summed E-state index contributed by atoms with van der Waals surface area (Å²) in [5, 5.41) is 20.3. The third kappa shape index (κ3) is 4.16. The van der Waals surface area contributed by atoms with Gasteiger partial charge in [-0.05, 0) is 25.0 Å². The highest BCUT2D eigenvalue weighted by atomic mass is 35.5. The topological polar surface area (TPSA) is 93.1 Å². The highest BCUT2D eigenvalue weighted by molar-refractivity contribution is 7.15. The van der Waals surface area contributed by atoms with Gasteiger partial charge in [0.2, 0.25) is 11.0 Å². The summed E-state index contributed by atoms with van der Waals surface area (Å²) in [4.78, 5) is 14.5. The van der Waals surface area contributed by atoms with Crippen LogP contribution < -0.4 is 10.2 Å². The Morgan fingerprint density at radius 1 is 1.42 bits per heavy atom. The molecule has 128 valence electrons. The van der Waals surface area contributed by atoms with Crippen LogP contribution in [0.3, 0.4) is 0 Å². The second kappa shape index (κ2) is 7.82. The molecule has 24 heavy (non-hydrogen) atoms. The molecule has 2 aromatic rings. The molecule has 0 radical (unpaired) electrons. The molecule has 0 spiro atoms. The predicted octanol–water partition coefficient (Wildman–Crippen LogP) is 1.98. The first-order valence-electron chi connectivity index (χ1n) is 7.52. The third-order valence-electron chi connectivity index (χ3n) is 3.70. The lowest BCUT2D eigenvalue weighted by Gasteiger charge is -2.32. The van der Waals surface area contributed by atoms with E-state index in [-0.39, 0.29) is 11.8 Å². The van der Waals surface area contributed by atoms with Crippen molar-refractivity contribution in [3.63, 3.8) is 0 Å². The van der Waals surface area contributed by atoms with Crippen molar-refractivity contribution in [1.29, 1.82) is 0 Å². The van der Waals surface area contributed by atoms with Gasteiger partial charge in [0.05, 0.1) is 5.92 Å². The lowest BCUT2D eigenvalue weighted by molar-refractivity contribution is -0.120. The maximum atomic E-state index is 12.5. The number of nitrogens with one attached hydrogen (secondary N) is 1. The minimum Gasteiger partial charge on any atom is -0.377 e. The summed E-state index contributed by atoms with van der Waals surface area (Å²) in [7, 11) is 1.59. The first-order chi connectivity index (χ1) is 11.7. The Labute approximate surface area is 148 Å². The van der Waals surface area contributed by atoms with Crippen molar-refractivity contribution in [3.05, 3.63) is 22.3 Å². The molecule has 1 saturated heterocycles. The lowest BCUT2D eigenvalue weighted by atomic mass is 9.97. The van der Waals surface area contributed by atoms with Gasteiger partial charge in [-0.2, -0.15) is 0 Å². The van der Waals surface area contributed by atoms with E-state index in [0.717, 1.165) is 30.2 Å². The quantitative estimate of drug-likeness (QED) is 0.862. The predicted molar refractivity (Wildman–Crippen MR) is 91.2 cm³/mol. The normalized spacial score (nSPS) is 17.8. The number of methoxy groups -OCH3 is 1. The van der Waals surface area contributed by atoms with E-state index in [0.29, 0.717) is 23.4 Å². The fraction of sp³-hybridized carbons (Fsp3) is 0.500. The average Bonchev–Trinajstić information content (AvgIpc) is 3.03. The molecule has 1 atom stereocenters. The van der Waals surface area contributed by atoms with E-state index < -0.39 is 0 Å². The van der Waals surface area contributed by atoms with Crippen LogP contribution in [0.4, 0.5) is 10.9 Å². The number of aromatic nitrogens is 4. The maximum absolute atomic E-state index is 12.5. The molecule has 0 saturated carbocycles. The van der Waals surface area contributed by atoms with E-state index >= 15 is 0 Å². The molecule has 1 N–H and O–H groups in total. The summed E-state index contributed by atoms with van der Waals surface area (Å²) in [6.45, 7) is 1.82. The maximum Gasteiger partial charge on any atom is 0.231 e. The molecule has 2 aromatic heterocycles. The van der Waals surface area contributed by atoms with E-state index in [1.807, 2.05) is 11.0 Å². The first-order valence-corrected chi connectivity index (χ1v) is 8.71. The van der Waals surface area contributed by atoms with Gasteiger partial charge in [0.25, 0.3) is 0 Å². The average molecular weight is 369 g/mol. The van der Waals surface area contributed by atoms with Crippen LogP contribution in [0.25, 0.3) is 0 Å². The summed E-state index contributed by atoms with van der Waals surface area (Å²) >= 11 is 7.09. The van der Waals surface area contributed by atoms with Gasteiger partial charge in [-0.3, -0.25) is 4.79 Å². The summed E-state index contributed by atoms with van der Waals surface area (Å²) in [6, 6.07) is 3.52. The molecule has 1 fully saturated rings. The van der Waals surface area contributed by atoms with Gasteiger partial charge >= 0.3 is 0 Å². The molecule has 0 unspecified atom stereocenters. The van der Waals surface area contributed by atoms with Crippen LogP contribution in [-0.4, -0.2) is 46.5 Å². The van der Waals surface area contributed by atoms with Gasteiger partial charge < -0.3 is 15.0 Å². The van der Waals surface area contributed by atoms with Gasteiger partial charge in [-0.25, -0.2) is 0 Å². The van der Waals surface area contributed by atoms with Crippen molar-refractivity contribution in [2.24, 2.45) is 5.92 Å². The van der Waals surface area contributed by atoms with Crippen LogP contribution in [0, 0.1) is 5.92 Å². The van der Waals surface area contributed by atoms with Gasteiger partial charge in [-0.15, -0.1) is 20.4 Å². The molecule has 3 heterocycles. The molecule has 3 rings (SSSR count). The molecule has 1 aliphatic heterocycles. The van der Waals surface area contributed by atoms with Crippen LogP contribution in [0.5, 0.6) is 0 Å². The minimum atomic E-state index is -0.133. The van der Waals surface area contributed by atoms with Crippen LogP contribution in [0.15, 0.2) is 12.1 Å². The molecule has 8 nitrogen and oxygen atoms in total. The van der Waals surface area contributed by atoms with Crippen molar-refractivity contribution in [2.75, 3.05) is 30.4 Å². The Balaban J connectivity index is 1.61. The number of halogens is 1. The summed E-state index contributed by atoms with van der Waals surface area (Å²) in [6.07, 6.45) is 1.74.